The summed E-state index contributed by atoms with van der Waals surface area (Å²) >= 11 is 0. The highest BCUT2D eigenvalue weighted by Crippen LogP contribution is 2.49. The van der Waals surface area contributed by atoms with E-state index in [1.54, 1.807) is 0 Å². The fourth-order valence-electron chi connectivity index (χ4n) is 3.73. The van der Waals surface area contributed by atoms with Crippen LogP contribution >= 0.6 is 0 Å². The lowest BCUT2D eigenvalue weighted by Crippen LogP contribution is -2.53. The average Bonchev–Trinajstić information content (AvgIpc) is 3.42. The number of rotatable bonds is 7. The number of nitrogens with zero attached hydrogens (tertiary/aromatic N) is 2. The molecule has 5 nitrogen and oxygen atoms in total. The van der Waals surface area contributed by atoms with Crippen LogP contribution in [-0.4, -0.2) is 72.9 Å². The molecule has 1 N–H and O–H groups in total. The summed E-state index contributed by atoms with van der Waals surface area (Å²) in [5, 5.41) is 9.97. The summed E-state index contributed by atoms with van der Waals surface area (Å²) in [5.41, 5.74) is 2.11. The van der Waals surface area contributed by atoms with Crippen molar-refractivity contribution in [3.05, 3.63) is 35.4 Å². The van der Waals surface area contributed by atoms with Crippen molar-refractivity contribution in [1.29, 1.82) is 0 Å². The molecular formula is C20H30N2O3. The third-order valence-corrected chi connectivity index (χ3v) is 5.37. The summed E-state index contributed by atoms with van der Waals surface area (Å²) in [6.45, 7) is 8.76. The van der Waals surface area contributed by atoms with E-state index in [4.69, 9.17) is 4.74 Å². The van der Waals surface area contributed by atoms with Crippen LogP contribution in [0.15, 0.2) is 24.3 Å². The molecule has 1 aliphatic heterocycles. The van der Waals surface area contributed by atoms with E-state index in [1.165, 1.54) is 11.1 Å². The van der Waals surface area contributed by atoms with E-state index >= 15 is 0 Å². The standard InChI is InChI=1S/C20H30N2O3/c1-3-25-15-18(23)14-21-9-11-22(12-10-21)19(24)20(7-8-20)17-6-4-5-16(2)13-17/h4-6,13,18,23H,3,7-12,14-15H2,1-2H3. The second-order valence-electron chi connectivity index (χ2n) is 7.36. The zero-order chi connectivity index (χ0) is 17.9. The summed E-state index contributed by atoms with van der Waals surface area (Å²) < 4.78 is 5.27. The first-order valence-corrected chi connectivity index (χ1v) is 9.40. The SMILES string of the molecule is CCOCC(O)CN1CCN(C(=O)C2(c3cccc(C)c3)CC2)CC1. The Bertz CT molecular complexity index is 592. The van der Waals surface area contributed by atoms with Gasteiger partial charge in [-0.2, -0.15) is 0 Å². The van der Waals surface area contributed by atoms with Gasteiger partial charge in [-0.25, -0.2) is 0 Å². The van der Waals surface area contributed by atoms with E-state index in [9.17, 15) is 9.90 Å². The van der Waals surface area contributed by atoms with Gasteiger partial charge >= 0.3 is 0 Å². The molecule has 1 atom stereocenters. The molecule has 2 fully saturated rings. The summed E-state index contributed by atoms with van der Waals surface area (Å²) in [6, 6.07) is 8.38. The Kier molecular flexibility index (Phi) is 5.77. The largest absolute Gasteiger partial charge is 0.389 e. The van der Waals surface area contributed by atoms with Crippen molar-refractivity contribution in [2.45, 2.75) is 38.2 Å². The molecule has 3 rings (SSSR count). The van der Waals surface area contributed by atoms with Gasteiger partial charge in [0.2, 0.25) is 5.91 Å². The highest BCUT2D eigenvalue weighted by Gasteiger charge is 2.53. The van der Waals surface area contributed by atoms with E-state index in [0.29, 0.717) is 19.8 Å². The van der Waals surface area contributed by atoms with E-state index in [2.05, 4.69) is 36.1 Å². The monoisotopic (exact) mass is 346 g/mol. The number of β-amino-alcohol motifs (C(OH)–C–C–N with tert-alkyl or cyclic N) is 1. The van der Waals surface area contributed by atoms with Crippen molar-refractivity contribution < 1.29 is 14.6 Å². The minimum absolute atomic E-state index is 0.275. The van der Waals surface area contributed by atoms with Crippen molar-refractivity contribution in [2.24, 2.45) is 0 Å². The average molecular weight is 346 g/mol. The summed E-state index contributed by atoms with van der Waals surface area (Å²) in [6.07, 6.45) is 1.47. The van der Waals surface area contributed by atoms with Crippen LogP contribution in [0.2, 0.25) is 0 Å². The van der Waals surface area contributed by atoms with Crippen LogP contribution in [0.4, 0.5) is 0 Å². The zero-order valence-corrected chi connectivity index (χ0v) is 15.4. The normalized spacial score (nSPS) is 21.2. The first kappa shape index (κ1) is 18.4. The fourth-order valence-corrected chi connectivity index (χ4v) is 3.73. The second-order valence-corrected chi connectivity index (χ2v) is 7.36. The Hall–Kier alpha value is -1.43. The van der Waals surface area contributed by atoms with Crippen molar-refractivity contribution in [1.82, 2.24) is 9.80 Å². The molecule has 1 aromatic carbocycles. The van der Waals surface area contributed by atoms with Gasteiger partial charge < -0.3 is 14.7 Å². The maximum Gasteiger partial charge on any atom is 0.233 e. The number of aryl methyl sites for hydroxylation is 1. The smallest absolute Gasteiger partial charge is 0.233 e. The third kappa shape index (κ3) is 4.22. The van der Waals surface area contributed by atoms with Crippen molar-refractivity contribution in [3.63, 3.8) is 0 Å². The van der Waals surface area contributed by atoms with Gasteiger partial charge in [-0.1, -0.05) is 29.8 Å². The molecule has 1 aromatic rings. The van der Waals surface area contributed by atoms with Gasteiger partial charge in [0.15, 0.2) is 0 Å². The number of aliphatic hydroxyl groups excluding tert-OH is 1. The molecule has 0 radical (unpaired) electrons. The van der Waals surface area contributed by atoms with Crippen LogP contribution in [0, 0.1) is 6.92 Å². The van der Waals surface area contributed by atoms with Gasteiger partial charge in [-0.05, 0) is 32.3 Å². The number of piperazine rings is 1. The van der Waals surface area contributed by atoms with Gasteiger partial charge in [0.25, 0.3) is 0 Å². The molecule has 0 spiro atoms. The van der Waals surface area contributed by atoms with Crippen molar-refractivity contribution in [3.8, 4) is 0 Å². The highest BCUT2D eigenvalue weighted by atomic mass is 16.5. The summed E-state index contributed by atoms with van der Waals surface area (Å²) in [4.78, 5) is 17.3. The zero-order valence-electron chi connectivity index (χ0n) is 15.4. The topological polar surface area (TPSA) is 53.0 Å². The summed E-state index contributed by atoms with van der Waals surface area (Å²) in [7, 11) is 0. The minimum atomic E-state index is -0.454. The first-order valence-electron chi connectivity index (χ1n) is 9.40. The molecule has 1 saturated carbocycles. The number of carbonyl (C=O) groups excluding carboxylic acids is 1. The lowest BCUT2D eigenvalue weighted by molar-refractivity contribution is -0.136. The Morgan fingerprint density at radius 3 is 2.60 bits per heavy atom. The van der Waals surface area contributed by atoms with Crippen LogP contribution in [-0.2, 0) is 14.9 Å². The molecular weight excluding hydrogens is 316 g/mol. The molecule has 138 valence electrons. The molecule has 1 amide bonds. The Labute approximate surface area is 150 Å². The number of ether oxygens (including phenoxy) is 1. The van der Waals surface area contributed by atoms with Gasteiger partial charge in [0.1, 0.15) is 0 Å². The third-order valence-electron chi connectivity index (χ3n) is 5.37. The van der Waals surface area contributed by atoms with Gasteiger partial charge in [0.05, 0.1) is 18.1 Å². The van der Waals surface area contributed by atoms with Crippen molar-refractivity contribution >= 4 is 5.91 Å². The van der Waals surface area contributed by atoms with E-state index in [-0.39, 0.29) is 11.3 Å². The Morgan fingerprint density at radius 2 is 2.00 bits per heavy atom. The van der Waals surface area contributed by atoms with Crippen LogP contribution < -0.4 is 0 Å². The predicted octanol–water partition coefficient (Wildman–Crippen LogP) is 1.57. The fraction of sp³-hybridized carbons (Fsp3) is 0.650. The number of hydrogen-bond acceptors (Lipinski definition) is 4. The van der Waals surface area contributed by atoms with Crippen LogP contribution in [0.5, 0.6) is 0 Å². The van der Waals surface area contributed by atoms with Gasteiger partial charge in [-0.3, -0.25) is 9.69 Å². The number of benzene rings is 1. The molecule has 1 saturated heterocycles. The quantitative estimate of drug-likeness (QED) is 0.814. The van der Waals surface area contributed by atoms with E-state index in [1.807, 2.05) is 11.8 Å². The molecule has 1 aliphatic carbocycles. The molecule has 1 unspecified atom stereocenters. The molecule has 1 heterocycles. The van der Waals surface area contributed by atoms with Gasteiger partial charge in [-0.15, -0.1) is 0 Å². The molecule has 0 bridgehead atoms. The predicted molar refractivity (Wildman–Crippen MR) is 97.6 cm³/mol. The van der Waals surface area contributed by atoms with Gasteiger partial charge in [0, 0.05) is 39.3 Å². The number of carbonyl (C=O) groups is 1. The molecule has 2 aliphatic rings. The highest BCUT2D eigenvalue weighted by molar-refractivity contribution is 5.91. The minimum Gasteiger partial charge on any atom is -0.389 e. The first-order chi connectivity index (χ1) is 12.0. The molecule has 0 aromatic heterocycles. The maximum absolute atomic E-state index is 13.1. The lowest BCUT2D eigenvalue weighted by atomic mass is 9.92. The Balaban J connectivity index is 1.54. The van der Waals surface area contributed by atoms with Crippen LogP contribution in [0.3, 0.4) is 0 Å². The maximum atomic E-state index is 13.1. The Morgan fingerprint density at radius 1 is 1.28 bits per heavy atom. The number of amides is 1. The van der Waals surface area contributed by atoms with Crippen molar-refractivity contribution in [2.75, 3.05) is 45.9 Å². The molecule has 5 heteroatoms. The second kappa shape index (κ2) is 7.85. The number of aliphatic hydroxyl groups is 1. The molecule has 25 heavy (non-hydrogen) atoms. The van der Waals surface area contributed by atoms with Crippen LogP contribution in [0.25, 0.3) is 0 Å². The summed E-state index contributed by atoms with van der Waals surface area (Å²) in [5.74, 6) is 0.285. The lowest BCUT2D eigenvalue weighted by Gasteiger charge is -2.37. The van der Waals surface area contributed by atoms with E-state index in [0.717, 1.165) is 39.0 Å². The number of hydrogen-bond donors (Lipinski definition) is 1. The van der Waals surface area contributed by atoms with Crippen LogP contribution in [0.1, 0.15) is 30.9 Å². The van der Waals surface area contributed by atoms with E-state index < -0.39 is 6.10 Å².